The Hall–Kier alpha value is -2.56. The fraction of sp³-hybridized carbons (Fsp3) is 0.567. The molecule has 0 bridgehead atoms. The topological polar surface area (TPSA) is 49.7 Å². The zero-order chi connectivity index (χ0) is 25.0. The minimum absolute atomic E-state index is 0.0637. The van der Waals surface area contributed by atoms with Crippen molar-refractivity contribution in [1.29, 1.82) is 0 Å². The molecule has 1 unspecified atom stereocenters. The van der Waals surface area contributed by atoms with Crippen molar-refractivity contribution >= 4 is 17.4 Å². The van der Waals surface area contributed by atoms with Crippen LogP contribution < -0.4 is 0 Å². The third kappa shape index (κ3) is 4.32. The number of carbonyl (C=O) groups excluding carboxylic acids is 2. The molecule has 0 saturated heterocycles. The number of carbonyl (C=O) groups is 2. The maximum Gasteiger partial charge on any atom is 0.275 e. The lowest BCUT2D eigenvalue weighted by Gasteiger charge is -2.48. The first kappa shape index (κ1) is 24.1. The summed E-state index contributed by atoms with van der Waals surface area (Å²) >= 11 is 0. The van der Waals surface area contributed by atoms with E-state index in [-0.39, 0.29) is 23.5 Å². The third-order valence-corrected chi connectivity index (χ3v) is 9.33. The van der Waals surface area contributed by atoms with Crippen molar-refractivity contribution in [1.82, 2.24) is 4.90 Å². The van der Waals surface area contributed by atoms with Crippen LogP contribution in [0.3, 0.4) is 0 Å². The second kappa shape index (κ2) is 8.83. The number of rotatable bonds is 6. The Kier molecular flexibility index (Phi) is 6.09. The molecule has 2 saturated carbocycles. The Bertz CT molecular complexity index is 1120. The number of benzene rings is 1. The van der Waals surface area contributed by atoms with Gasteiger partial charge in [0.1, 0.15) is 17.2 Å². The van der Waals surface area contributed by atoms with Crippen molar-refractivity contribution in [3.05, 3.63) is 58.9 Å². The highest BCUT2D eigenvalue weighted by Crippen LogP contribution is 2.55. The average molecular weight is 477 g/mol. The predicted molar refractivity (Wildman–Crippen MR) is 137 cm³/mol. The molecule has 1 aliphatic heterocycles. The lowest BCUT2D eigenvalue weighted by atomic mass is 9.66. The zero-order valence-corrected chi connectivity index (χ0v) is 21.4. The van der Waals surface area contributed by atoms with Gasteiger partial charge in [0, 0.05) is 5.56 Å². The normalized spacial score (nSPS) is 28.0. The average Bonchev–Trinajstić information content (AvgIpc) is 3.66. The maximum absolute atomic E-state index is 13.9. The largest absolute Gasteiger partial charge is 0.306 e. The Morgan fingerprint density at radius 2 is 1.69 bits per heavy atom. The van der Waals surface area contributed by atoms with E-state index in [0.29, 0.717) is 29.0 Å². The smallest absolute Gasteiger partial charge is 0.275 e. The van der Waals surface area contributed by atoms with Gasteiger partial charge in [-0.05, 0) is 118 Å². The molecular weight excluding hydrogens is 439 g/mol. The van der Waals surface area contributed by atoms with Crippen molar-refractivity contribution in [2.45, 2.75) is 90.8 Å². The van der Waals surface area contributed by atoms with Crippen LogP contribution in [0, 0.1) is 23.1 Å². The van der Waals surface area contributed by atoms with Gasteiger partial charge in [0.05, 0.1) is 6.04 Å². The van der Waals surface area contributed by atoms with Gasteiger partial charge in [-0.3, -0.25) is 14.6 Å². The van der Waals surface area contributed by atoms with E-state index in [4.69, 9.17) is 4.99 Å². The van der Waals surface area contributed by atoms with E-state index < -0.39 is 5.66 Å². The summed E-state index contributed by atoms with van der Waals surface area (Å²) in [4.78, 5) is 32.9. The van der Waals surface area contributed by atoms with Crippen molar-refractivity contribution in [3.63, 3.8) is 0 Å². The van der Waals surface area contributed by atoms with Gasteiger partial charge >= 0.3 is 0 Å². The summed E-state index contributed by atoms with van der Waals surface area (Å²) in [6.45, 7) is 8.55. The second-order valence-electron chi connectivity index (χ2n) is 11.7. The molecule has 1 aromatic carbocycles. The van der Waals surface area contributed by atoms with Crippen LogP contribution in [-0.4, -0.2) is 34.0 Å². The maximum atomic E-state index is 13.9. The van der Waals surface area contributed by atoms with Crippen LogP contribution >= 0.6 is 0 Å². The van der Waals surface area contributed by atoms with Crippen molar-refractivity contribution in [2.24, 2.45) is 22.2 Å². The van der Waals surface area contributed by atoms with Gasteiger partial charge in [-0.15, -0.1) is 0 Å². The van der Waals surface area contributed by atoms with Crippen molar-refractivity contribution < 1.29 is 14.0 Å². The molecule has 0 radical (unpaired) electrons. The minimum atomic E-state index is -0.554. The molecule has 0 aromatic heterocycles. The number of aliphatic imine (C=N–C) groups is 1. The van der Waals surface area contributed by atoms with E-state index in [1.807, 2.05) is 17.1 Å². The van der Waals surface area contributed by atoms with Gasteiger partial charge in [-0.25, -0.2) is 4.39 Å². The number of nitrogens with zero attached hydrogens (tertiary/aromatic N) is 2. The number of Topliss-reactive ketones (excluding diaryl/α,β-unsaturated/α-hetero) is 1. The second-order valence-corrected chi connectivity index (χ2v) is 11.7. The van der Waals surface area contributed by atoms with Crippen molar-refractivity contribution in [3.8, 4) is 0 Å². The van der Waals surface area contributed by atoms with Gasteiger partial charge < -0.3 is 4.90 Å². The molecule has 1 atom stereocenters. The molecule has 1 heterocycles. The van der Waals surface area contributed by atoms with Gasteiger partial charge in [0.2, 0.25) is 0 Å². The summed E-state index contributed by atoms with van der Waals surface area (Å²) in [5.41, 5.74) is 2.93. The lowest BCUT2D eigenvalue weighted by Crippen LogP contribution is -2.54. The molecule has 1 aromatic rings. The summed E-state index contributed by atoms with van der Waals surface area (Å²) in [5, 5.41) is 0. The number of amides is 1. The molecule has 186 valence electrons. The summed E-state index contributed by atoms with van der Waals surface area (Å²) in [6.07, 6.45) is 12.0. The number of hydrogen-bond acceptors (Lipinski definition) is 3. The Morgan fingerprint density at radius 3 is 2.23 bits per heavy atom. The summed E-state index contributed by atoms with van der Waals surface area (Å²) in [6, 6.07) is 6.02. The molecule has 35 heavy (non-hydrogen) atoms. The van der Waals surface area contributed by atoms with E-state index in [9.17, 15) is 14.0 Å². The van der Waals surface area contributed by atoms with Crippen LogP contribution in [0.4, 0.5) is 4.39 Å². The molecule has 4 nitrogen and oxygen atoms in total. The van der Waals surface area contributed by atoms with E-state index in [0.717, 1.165) is 43.6 Å². The fourth-order valence-corrected chi connectivity index (χ4v) is 6.74. The van der Waals surface area contributed by atoms with Gasteiger partial charge in [0.15, 0.2) is 5.78 Å². The van der Waals surface area contributed by atoms with E-state index >= 15 is 0 Å². The first-order valence-electron chi connectivity index (χ1n) is 13.2. The molecule has 2 fully saturated rings. The van der Waals surface area contributed by atoms with Crippen LogP contribution in [0.15, 0.2) is 52.6 Å². The van der Waals surface area contributed by atoms with Crippen LogP contribution in [0.25, 0.3) is 0 Å². The molecule has 1 spiro atoms. The molecular formula is C30H37FN2O2. The monoisotopic (exact) mass is 476 g/mol. The van der Waals surface area contributed by atoms with Crippen LogP contribution in [0.5, 0.6) is 0 Å². The minimum Gasteiger partial charge on any atom is -0.306 e. The van der Waals surface area contributed by atoms with E-state index in [2.05, 4.69) is 20.8 Å². The zero-order valence-electron chi connectivity index (χ0n) is 21.4. The SMILES string of the molecule is CC(=O)C1=CC=C(C(C)N2C(=O)C(c3ccc(F)cc3)=NC23CCC(C(C)(C)C2CC2)CC3)CC1. The van der Waals surface area contributed by atoms with Gasteiger partial charge in [-0.2, -0.15) is 0 Å². The Labute approximate surface area is 208 Å². The molecule has 1 amide bonds. The predicted octanol–water partition coefficient (Wildman–Crippen LogP) is 6.40. The van der Waals surface area contributed by atoms with E-state index in [1.54, 1.807) is 19.1 Å². The van der Waals surface area contributed by atoms with E-state index in [1.165, 1.54) is 30.5 Å². The summed E-state index contributed by atoms with van der Waals surface area (Å²) in [7, 11) is 0. The molecule has 5 rings (SSSR count). The molecule has 4 aliphatic rings. The summed E-state index contributed by atoms with van der Waals surface area (Å²) in [5.74, 6) is 1.21. The Balaban J connectivity index is 1.47. The van der Waals surface area contributed by atoms with Crippen LogP contribution in [-0.2, 0) is 9.59 Å². The quantitative estimate of drug-likeness (QED) is 0.477. The molecule has 3 aliphatic carbocycles. The van der Waals surface area contributed by atoms with Gasteiger partial charge in [0.25, 0.3) is 5.91 Å². The standard InChI is InChI=1S/C30H37FN2O2/c1-19(21-5-7-22(8-6-21)20(2)34)33-28(35)27(23-9-13-26(31)14-10-23)32-30(33)17-15-25(16-18-30)29(3,4)24-11-12-24/h5,7,9-10,13-14,19,24-25H,6,8,11-12,15-18H2,1-4H3. The highest BCUT2D eigenvalue weighted by Gasteiger charge is 2.54. The molecule has 0 N–H and O–H groups in total. The van der Waals surface area contributed by atoms with Crippen LogP contribution in [0.1, 0.15) is 84.6 Å². The highest BCUT2D eigenvalue weighted by molar-refractivity contribution is 6.46. The first-order valence-corrected chi connectivity index (χ1v) is 13.2. The fourth-order valence-electron chi connectivity index (χ4n) is 6.74. The van der Waals surface area contributed by atoms with Gasteiger partial charge in [-0.1, -0.05) is 26.0 Å². The Morgan fingerprint density at radius 1 is 1.06 bits per heavy atom. The van der Waals surface area contributed by atoms with Crippen LogP contribution in [0.2, 0.25) is 0 Å². The number of allylic oxidation sites excluding steroid dienone is 3. The lowest BCUT2D eigenvalue weighted by molar-refractivity contribution is -0.131. The molecule has 5 heteroatoms. The van der Waals surface area contributed by atoms with Crippen molar-refractivity contribution in [2.75, 3.05) is 0 Å². The first-order chi connectivity index (χ1) is 16.6. The highest BCUT2D eigenvalue weighted by atomic mass is 19.1. The third-order valence-electron chi connectivity index (χ3n) is 9.33. The number of ketones is 1. The number of hydrogen-bond donors (Lipinski definition) is 0. The summed E-state index contributed by atoms with van der Waals surface area (Å²) < 4.78 is 13.6. The number of halogens is 1.